The van der Waals surface area contributed by atoms with Gasteiger partial charge in [0.1, 0.15) is 15.6 Å². The molecule has 0 aliphatic carbocycles. The van der Waals surface area contributed by atoms with Crippen LogP contribution >= 0.6 is 0 Å². The molecule has 1 rings (SSSR count). The van der Waals surface area contributed by atoms with Crippen molar-refractivity contribution in [2.24, 2.45) is 0 Å². The number of nitrogens with one attached hydrogen (secondary N) is 1. The fourth-order valence-electron chi connectivity index (χ4n) is 1.76. The first kappa shape index (κ1) is 17.9. The molecule has 120 valence electrons. The van der Waals surface area contributed by atoms with Crippen molar-refractivity contribution in [1.29, 1.82) is 0 Å². The Kier molecular flexibility index (Phi) is 7.11. The zero-order valence-corrected chi connectivity index (χ0v) is 14.2. The third kappa shape index (κ3) is 6.91. The molecular weight excluding hydrogens is 288 g/mol. The Hall–Kier alpha value is -1.14. The van der Waals surface area contributed by atoms with Crippen LogP contribution in [0.2, 0.25) is 0 Å². The van der Waals surface area contributed by atoms with Crippen LogP contribution in [0.5, 0.6) is 5.75 Å². The van der Waals surface area contributed by atoms with Crippen LogP contribution in [0.1, 0.15) is 38.6 Å². The highest BCUT2D eigenvalue weighted by atomic mass is 32.2. The van der Waals surface area contributed by atoms with E-state index in [0.29, 0.717) is 25.6 Å². The van der Waals surface area contributed by atoms with Gasteiger partial charge in [0.15, 0.2) is 0 Å². The molecule has 0 spiro atoms. The van der Waals surface area contributed by atoms with Crippen LogP contribution < -0.4 is 10.1 Å². The van der Waals surface area contributed by atoms with Crippen molar-refractivity contribution in [2.75, 3.05) is 18.1 Å². The summed E-state index contributed by atoms with van der Waals surface area (Å²) in [5, 5.41) is 3.31. The van der Waals surface area contributed by atoms with Crippen molar-refractivity contribution in [3.63, 3.8) is 0 Å². The van der Waals surface area contributed by atoms with Crippen molar-refractivity contribution >= 4 is 9.84 Å². The monoisotopic (exact) mass is 314 g/mol. The highest BCUT2D eigenvalue weighted by Crippen LogP contribution is 2.17. The largest absolute Gasteiger partial charge is 0.492 e. The molecule has 5 nitrogen and oxygen atoms in total. The molecule has 1 N–H and O–H groups in total. The Bertz CT molecular complexity index is 542. The molecule has 0 aromatic carbocycles. The van der Waals surface area contributed by atoms with Gasteiger partial charge in [-0.2, -0.15) is 0 Å². The summed E-state index contributed by atoms with van der Waals surface area (Å²) < 4.78 is 28.5. The number of hydrogen-bond donors (Lipinski definition) is 1. The Balaban J connectivity index is 2.57. The van der Waals surface area contributed by atoms with Crippen molar-refractivity contribution in [2.45, 2.75) is 46.7 Å². The Morgan fingerprint density at radius 2 is 2.05 bits per heavy atom. The fourth-order valence-corrected chi connectivity index (χ4v) is 2.61. The molecule has 0 aliphatic heterocycles. The average Bonchev–Trinajstić information content (AvgIpc) is 2.43. The van der Waals surface area contributed by atoms with Crippen LogP contribution in [0.25, 0.3) is 0 Å². The second-order valence-electron chi connectivity index (χ2n) is 5.37. The van der Waals surface area contributed by atoms with Gasteiger partial charge in [-0.1, -0.05) is 20.8 Å². The summed E-state index contributed by atoms with van der Waals surface area (Å²) in [5.41, 5.74) is 1.80. The van der Waals surface area contributed by atoms with Crippen LogP contribution in [-0.2, 0) is 16.4 Å². The van der Waals surface area contributed by atoms with Gasteiger partial charge < -0.3 is 10.1 Å². The van der Waals surface area contributed by atoms with Crippen molar-refractivity contribution in [3.05, 3.63) is 23.5 Å². The standard InChI is InChI=1S/C15H26N2O3S/c1-5-21(18,19)10-6-9-20-15-8-7-13(4)17-14(15)11-16-12(2)3/h7-8,12,16H,5-6,9-11H2,1-4H3. The summed E-state index contributed by atoms with van der Waals surface area (Å²) in [6.45, 7) is 8.78. The molecule has 0 unspecified atom stereocenters. The second-order valence-corrected chi connectivity index (χ2v) is 7.84. The summed E-state index contributed by atoms with van der Waals surface area (Å²) in [4.78, 5) is 4.48. The number of ether oxygens (including phenoxy) is 1. The molecule has 1 aromatic rings. The van der Waals surface area contributed by atoms with Gasteiger partial charge in [0.05, 0.1) is 18.1 Å². The topological polar surface area (TPSA) is 68.3 Å². The minimum Gasteiger partial charge on any atom is -0.492 e. The lowest BCUT2D eigenvalue weighted by Crippen LogP contribution is -2.23. The van der Waals surface area contributed by atoms with Crippen LogP contribution in [-0.4, -0.2) is 37.6 Å². The van der Waals surface area contributed by atoms with E-state index in [2.05, 4.69) is 24.1 Å². The lowest BCUT2D eigenvalue weighted by molar-refractivity contribution is 0.311. The first-order chi connectivity index (χ1) is 9.84. The molecule has 0 saturated heterocycles. The molecular formula is C15H26N2O3S. The first-order valence-corrected chi connectivity index (χ1v) is 9.19. The molecule has 0 fully saturated rings. The maximum Gasteiger partial charge on any atom is 0.150 e. The molecule has 1 aromatic heterocycles. The molecule has 0 aliphatic rings. The summed E-state index contributed by atoms with van der Waals surface area (Å²) in [7, 11) is -2.92. The van der Waals surface area contributed by atoms with Gasteiger partial charge in [0.25, 0.3) is 0 Å². The minimum atomic E-state index is -2.92. The van der Waals surface area contributed by atoms with E-state index in [0.717, 1.165) is 17.1 Å². The number of nitrogens with zero attached hydrogens (tertiary/aromatic N) is 1. The maximum absolute atomic E-state index is 11.4. The van der Waals surface area contributed by atoms with Crippen LogP contribution in [0.15, 0.2) is 12.1 Å². The van der Waals surface area contributed by atoms with Gasteiger partial charge in [-0.15, -0.1) is 0 Å². The van der Waals surface area contributed by atoms with Crippen LogP contribution in [0.4, 0.5) is 0 Å². The number of aromatic nitrogens is 1. The molecule has 0 radical (unpaired) electrons. The highest BCUT2D eigenvalue weighted by molar-refractivity contribution is 7.91. The summed E-state index contributed by atoms with van der Waals surface area (Å²) in [6.07, 6.45) is 0.501. The number of rotatable bonds is 9. The van der Waals surface area contributed by atoms with Crippen molar-refractivity contribution in [1.82, 2.24) is 10.3 Å². The van der Waals surface area contributed by atoms with Gasteiger partial charge in [-0.25, -0.2) is 8.42 Å². The summed E-state index contributed by atoms with van der Waals surface area (Å²) in [5.74, 6) is 1.08. The number of sulfone groups is 1. The molecule has 0 bridgehead atoms. The maximum atomic E-state index is 11.4. The second kappa shape index (κ2) is 8.34. The fraction of sp³-hybridized carbons (Fsp3) is 0.667. The van der Waals surface area contributed by atoms with Gasteiger partial charge >= 0.3 is 0 Å². The van der Waals surface area contributed by atoms with E-state index in [4.69, 9.17) is 4.74 Å². The van der Waals surface area contributed by atoms with E-state index in [1.807, 2.05) is 19.1 Å². The van der Waals surface area contributed by atoms with Gasteiger partial charge in [0, 0.05) is 24.0 Å². The Labute approximate surface area is 128 Å². The van der Waals surface area contributed by atoms with E-state index in [-0.39, 0.29) is 11.5 Å². The Morgan fingerprint density at radius 1 is 1.33 bits per heavy atom. The number of aryl methyl sites for hydroxylation is 1. The number of hydrogen-bond acceptors (Lipinski definition) is 5. The van der Waals surface area contributed by atoms with E-state index >= 15 is 0 Å². The van der Waals surface area contributed by atoms with E-state index in [9.17, 15) is 8.42 Å². The van der Waals surface area contributed by atoms with E-state index < -0.39 is 9.84 Å². The van der Waals surface area contributed by atoms with Crippen LogP contribution in [0.3, 0.4) is 0 Å². The van der Waals surface area contributed by atoms with Gasteiger partial charge in [-0.3, -0.25) is 4.98 Å². The summed E-state index contributed by atoms with van der Waals surface area (Å²) in [6, 6.07) is 4.17. The molecule has 6 heteroatoms. The minimum absolute atomic E-state index is 0.169. The highest BCUT2D eigenvalue weighted by Gasteiger charge is 2.09. The third-order valence-electron chi connectivity index (χ3n) is 3.05. The zero-order chi connectivity index (χ0) is 15.9. The quantitative estimate of drug-likeness (QED) is 0.707. The van der Waals surface area contributed by atoms with E-state index in [1.165, 1.54) is 0 Å². The lowest BCUT2D eigenvalue weighted by atomic mass is 10.2. The average molecular weight is 314 g/mol. The first-order valence-electron chi connectivity index (χ1n) is 7.37. The van der Waals surface area contributed by atoms with Gasteiger partial charge in [-0.05, 0) is 25.5 Å². The van der Waals surface area contributed by atoms with Crippen LogP contribution in [0, 0.1) is 6.92 Å². The molecule has 0 saturated carbocycles. The Morgan fingerprint density at radius 3 is 2.67 bits per heavy atom. The third-order valence-corrected chi connectivity index (χ3v) is 4.84. The lowest BCUT2D eigenvalue weighted by Gasteiger charge is -2.13. The van der Waals surface area contributed by atoms with Gasteiger partial charge in [0.2, 0.25) is 0 Å². The molecule has 21 heavy (non-hydrogen) atoms. The number of pyridine rings is 1. The van der Waals surface area contributed by atoms with E-state index in [1.54, 1.807) is 6.92 Å². The molecule has 0 amide bonds. The smallest absolute Gasteiger partial charge is 0.150 e. The normalized spacial score (nSPS) is 11.9. The predicted molar refractivity (Wildman–Crippen MR) is 85.4 cm³/mol. The van der Waals surface area contributed by atoms with Crippen molar-refractivity contribution < 1.29 is 13.2 Å². The molecule has 1 heterocycles. The predicted octanol–water partition coefficient (Wildman–Crippen LogP) is 2.09. The SMILES string of the molecule is CCS(=O)(=O)CCCOc1ccc(C)nc1CNC(C)C. The summed E-state index contributed by atoms with van der Waals surface area (Å²) >= 11 is 0. The zero-order valence-electron chi connectivity index (χ0n) is 13.3. The molecule has 0 atom stereocenters. The van der Waals surface area contributed by atoms with Crippen molar-refractivity contribution in [3.8, 4) is 5.75 Å².